The molecule has 3 heterocycles. The van der Waals surface area contributed by atoms with Gasteiger partial charge in [0.15, 0.2) is 0 Å². The van der Waals surface area contributed by atoms with Crippen LogP contribution in [0.2, 0.25) is 5.15 Å². The number of ether oxygens (including phenoxy) is 2. The van der Waals surface area contributed by atoms with Crippen molar-refractivity contribution in [3.63, 3.8) is 0 Å². The van der Waals surface area contributed by atoms with E-state index in [9.17, 15) is 4.79 Å². The predicted octanol–water partition coefficient (Wildman–Crippen LogP) is 5.03. The average Bonchev–Trinajstić information content (AvgIpc) is 3.21. The van der Waals surface area contributed by atoms with Crippen LogP contribution in [0, 0.1) is 12.8 Å². The van der Waals surface area contributed by atoms with Gasteiger partial charge in [0.05, 0.1) is 25.5 Å². The molecule has 0 atom stereocenters. The average molecular weight is 462 g/mol. The van der Waals surface area contributed by atoms with Crippen LogP contribution in [-0.4, -0.2) is 39.8 Å². The number of halogens is 1. The van der Waals surface area contributed by atoms with Crippen LogP contribution in [0.15, 0.2) is 24.5 Å². The van der Waals surface area contributed by atoms with E-state index < -0.39 is 0 Å². The first-order valence-electron chi connectivity index (χ1n) is 9.89. The van der Waals surface area contributed by atoms with Gasteiger partial charge >= 0.3 is 0 Å². The molecule has 0 aliphatic carbocycles. The third-order valence-electron chi connectivity index (χ3n) is 4.85. The molecule has 0 fully saturated rings. The van der Waals surface area contributed by atoms with Crippen molar-refractivity contribution in [2.75, 3.05) is 19.0 Å². The smallest absolute Gasteiger partial charge is 0.295 e. The second kappa shape index (κ2) is 10.5. The first-order chi connectivity index (χ1) is 14.9. The van der Waals surface area contributed by atoms with Crippen LogP contribution in [-0.2, 0) is 0 Å². The van der Waals surface area contributed by atoms with Crippen molar-refractivity contribution in [3.8, 4) is 22.1 Å². The van der Waals surface area contributed by atoms with Gasteiger partial charge in [-0.3, -0.25) is 15.1 Å². The minimum Gasteiger partial charge on any atom is -0.494 e. The molecule has 0 aromatic carbocycles. The molecule has 1 N–H and O–H groups in total. The molecule has 3 aromatic heterocycles. The number of nitrogens with zero attached hydrogens (tertiary/aromatic N) is 4. The largest absolute Gasteiger partial charge is 0.494 e. The summed E-state index contributed by atoms with van der Waals surface area (Å²) < 4.78 is 11.1. The van der Waals surface area contributed by atoms with E-state index in [4.69, 9.17) is 21.1 Å². The lowest BCUT2D eigenvalue weighted by Crippen LogP contribution is -2.14. The fraction of sp³-hybridized carbons (Fsp3) is 0.381. The van der Waals surface area contributed by atoms with Crippen molar-refractivity contribution in [1.82, 2.24) is 20.2 Å². The normalized spacial score (nSPS) is 10.9. The molecule has 10 heteroatoms. The first-order valence-corrected chi connectivity index (χ1v) is 11.1. The van der Waals surface area contributed by atoms with Crippen molar-refractivity contribution in [2.24, 2.45) is 5.92 Å². The monoisotopic (exact) mass is 461 g/mol. The Labute approximate surface area is 190 Å². The van der Waals surface area contributed by atoms with Gasteiger partial charge in [0.2, 0.25) is 5.13 Å². The van der Waals surface area contributed by atoms with Gasteiger partial charge in [0.1, 0.15) is 10.9 Å². The molecule has 0 saturated carbocycles. The van der Waals surface area contributed by atoms with Crippen LogP contribution in [0.3, 0.4) is 0 Å². The van der Waals surface area contributed by atoms with E-state index in [-0.39, 0.29) is 5.91 Å². The Morgan fingerprint density at radius 3 is 2.65 bits per heavy atom. The van der Waals surface area contributed by atoms with Gasteiger partial charge in [-0.25, -0.2) is 4.98 Å². The molecule has 0 unspecified atom stereocenters. The molecule has 8 nitrogen and oxygen atoms in total. The van der Waals surface area contributed by atoms with Gasteiger partial charge in [0.25, 0.3) is 11.1 Å². The highest BCUT2D eigenvalue weighted by atomic mass is 35.5. The van der Waals surface area contributed by atoms with E-state index >= 15 is 0 Å². The van der Waals surface area contributed by atoms with Gasteiger partial charge in [0, 0.05) is 23.0 Å². The number of hydrogen-bond acceptors (Lipinski definition) is 8. The molecule has 0 aliphatic rings. The number of hydrogen-bond donors (Lipinski definition) is 1. The molecular weight excluding hydrogens is 438 g/mol. The Hall–Kier alpha value is -2.78. The Balaban J connectivity index is 1.83. The summed E-state index contributed by atoms with van der Waals surface area (Å²) in [6.45, 7) is 6.67. The summed E-state index contributed by atoms with van der Waals surface area (Å²) in [5, 5.41) is 11.9. The number of amides is 1. The van der Waals surface area contributed by atoms with Crippen molar-refractivity contribution in [3.05, 3.63) is 40.9 Å². The second-order valence-corrected chi connectivity index (χ2v) is 8.23. The summed E-state index contributed by atoms with van der Waals surface area (Å²) in [7, 11) is 1.53. The lowest BCUT2D eigenvalue weighted by molar-refractivity contribution is 0.102. The molecule has 0 bridgehead atoms. The molecule has 0 spiro atoms. The zero-order valence-corrected chi connectivity index (χ0v) is 19.4. The number of carbonyl (C=O) groups is 1. The SMILES string of the molecule is CCC(CC)COc1nnc(NC(=O)c2cnc(C)cc2-c2cc(Cl)ncc2OC)s1. The van der Waals surface area contributed by atoms with E-state index in [1.165, 1.54) is 30.8 Å². The van der Waals surface area contributed by atoms with Gasteiger partial charge in [-0.15, -0.1) is 5.10 Å². The Morgan fingerprint density at radius 2 is 1.94 bits per heavy atom. The topological polar surface area (TPSA) is 99.1 Å². The maximum Gasteiger partial charge on any atom is 0.295 e. The zero-order valence-electron chi connectivity index (χ0n) is 17.8. The number of pyridine rings is 2. The van der Waals surface area contributed by atoms with E-state index in [2.05, 4.69) is 39.3 Å². The van der Waals surface area contributed by atoms with E-state index in [0.717, 1.165) is 18.5 Å². The number of rotatable bonds is 9. The molecule has 3 aromatic rings. The third-order valence-corrected chi connectivity index (χ3v) is 5.81. The Bertz CT molecular complexity index is 1060. The van der Waals surface area contributed by atoms with Gasteiger partial charge in [-0.1, -0.05) is 43.4 Å². The minimum absolute atomic E-state index is 0.292. The van der Waals surface area contributed by atoms with Crippen molar-refractivity contribution < 1.29 is 14.3 Å². The number of anilines is 1. The first kappa shape index (κ1) is 22.9. The second-order valence-electron chi connectivity index (χ2n) is 6.90. The highest BCUT2D eigenvalue weighted by molar-refractivity contribution is 7.17. The number of aromatic nitrogens is 4. The zero-order chi connectivity index (χ0) is 22.4. The van der Waals surface area contributed by atoms with Crippen molar-refractivity contribution in [1.29, 1.82) is 0 Å². The van der Waals surface area contributed by atoms with Crippen LogP contribution in [0.1, 0.15) is 42.7 Å². The van der Waals surface area contributed by atoms with Gasteiger partial charge < -0.3 is 9.47 Å². The Morgan fingerprint density at radius 1 is 1.16 bits per heavy atom. The van der Waals surface area contributed by atoms with Gasteiger partial charge in [-0.2, -0.15) is 0 Å². The maximum atomic E-state index is 13.0. The summed E-state index contributed by atoms with van der Waals surface area (Å²) in [6, 6.07) is 3.45. The fourth-order valence-corrected chi connectivity index (χ4v) is 3.71. The third kappa shape index (κ3) is 5.68. The van der Waals surface area contributed by atoms with Gasteiger partial charge in [-0.05, 0) is 36.3 Å². The number of methoxy groups -OCH3 is 1. The van der Waals surface area contributed by atoms with Crippen LogP contribution in [0.5, 0.6) is 10.9 Å². The molecule has 0 saturated heterocycles. The van der Waals surface area contributed by atoms with Crippen molar-refractivity contribution >= 4 is 34.0 Å². The molecule has 164 valence electrons. The number of aryl methyl sites for hydroxylation is 1. The van der Waals surface area contributed by atoms with Crippen LogP contribution < -0.4 is 14.8 Å². The van der Waals surface area contributed by atoms with E-state index in [0.29, 0.717) is 50.4 Å². The standard InChI is InChI=1S/C21H24ClN5O3S/c1-5-13(6-2)11-30-21-27-26-20(31-21)25-19(28)16-9-23-12(3)7-14(16)15-8-18(22)24-10-17(15)29-4/h7-10,13H,5-6,11H2,1-4H3,(H,25,26,28). The summed E-state index contributed by atoms with van der Waals surface area (Å²) in [4.78, 5) is 21.3. The lowest BCUT2D eigenvalue weighted by atomic mass is 10.0. The Kier molecular flexibility index (Phi) is 7.75. The molecule has 3 rings (SSSR count). The van der Waals surface area contributed by atoms with Crippen molar-refractivity contribution in [2.45, 2.75) is 33.6 Å². The highest BCUT2D eigenvalue weighted by Crippen LogP contribution is 2.34. The fourth-order valence-electron chi connectivity index (χ4n) is 2.95. The predicted molar refractivity (Wildman–Crippen MR) is 121 cm³/mol. The van der Waals surface area contributed by atoms with E-state index in [1.54, 1.807) is 12.1 Å². The summed E-state index contributed by atoms with van der Waals surface area (Å²) in [6.07, 6.45) is 5.10. The summed E-state index contributed by atoms with van der Waals surface area (Å²) in [5.41, 5.74) is 2.36. The van der Waals surface area contributed by atoms with Crippen LogP contribution >= 0.6 is 22.9 Å². The molecular formula is C21H24ClN5O3S. The summed E-state index contributed by atoms with van der Waals surface area (Å²) >= 11 is 7.27. The maximum absolute atomic E-state index is 13.0. The van der Waals surface area contributed by atoms with E-state index in [1.807, 2.05) is 6.92 Å². The quantitative estimate of drug-likeness (QED) is 0.446. The molecule has 0 aliphatic heterocycles. The minimum atomic E-state index is -0.375. The highest BCUT2D eigenvalue weighted by Gasteiger charge is 2.19. The number of nitrogens with one attached hydrogen (secondary N) is 1. The summed E-state index contributed by atoms with van der Waals surface area (Å²) in [5.74, 6) is 0.586. The molecule has 1 amide bonds. The van der Waals surface area contributed by atoms with Crippen LogP contribution in [0.25, 0.3) is 11.1 Å². The lowest BCUT2D eigenvalue weighted by Gasteiger charge is -2.13. The molecule has 31 heavy (non-hydrogen) atoms. The number of carbonyl (C=O) groups excluding carboxylic acids is 1. The van der Waals surface area contributed by atoms with Crippen LogP contribution in [0.4, 0.5) is 5.13 Å². The molecule has 0 radical (unpaired) electrons.